The summed E-state index contributed by atoms with van der Waals surface area (Å²) in [7, 11) is -3.84. The first-order chi connectivity index (χ1) is 14.8. The Kier molecular flexibility index (Phi) is 7.09. The zero-order valence-corrected chi connectivity index (χ0v) is 18.4. The van der Waals surface area contributed by atoms with Crippen molar-refractivity contribution in [3.8, 4) is 0 Å². The summed E-state index contributed by atoms with van der Waals surface area (Å²) in [4.78, 5) is 12.7. The first kappa shape index (κ1) is 22.5. The minimum Gasteiger partial charge on any atom is -0.392 e. The molecule has 0 saturated carbocycles. The van der Waals surface area contributed by atoms with Gasteiger partial charge in [0.2, 0.25) is 5.91 Å². The van der Waals surface area contributed by atoms with Crippen molar-refractivity contribution >= 4 is 27.3 Å². The van der Waals surface area contributed by atoms with E-state index < -0.39 is 10.0 Å². The summed E-state index contributed by atoms with van der Waals surface area (Å²) in [5.41, 5.74) is 3.71. The van der Waals surface area contributed by atoms with Gasteiger partial charge in [-0.25, -0.2) is 8.42 Å². The van der Waals surface area contributed by atoms with Gasteiger partial charge in [0, 0.05) is 18.7 Å². The normalized spacial score (nSPS) is 11.2. The van der Waals surface area contributed by atoms with Crippen LogP contribution in [-0.4, -0.2) is 26.0 Å². The van der Waals surface area contributed by atoms with Crippen LogP contribution in [0, 0.1) is 13.8 Å². The Morgan fingerprint density at radius 3 is 2.16 bits per heavy atom. The molecule has 1 amide bonds. The van der Waals surface area contributed by atoms with Crippen LogP contribution in [-0.2, 0) is 21.4 Å². The highest BCUT2D eigenvalue weighted by Gasteiger charge is 2.25. The number of aliphatic hydroxyl groups excluding tert-OH is 1. The number of rotatable bonds is 8. The molecular weight excluding hydrogens is 412 g/mol. The summed E-state index contributed by atoms with van der Waals surface area (Å²) in [5.74, 6) is -0.314. The summed E-state index contributed by atoms with van der Waals surface area (Å²) in [5, 5.41) is 12.0. The van der Waals surface area contributed by atoms with Crippen molar-refractivity contribution in [3.63, 3.8) is 0 Å². The van der Waals surface area contributed by atoms with E-state index in [9.17, 15) is 18.3 Å². The van der Waals surface area contributed by atoms with Gasteiger partial charge in [-0.1, -0.05) is 47.5 Å². The lowest BCUT2D eigenvalue weighted by atomic mass is 10.2. The number of anilines is 2. The Morgan fingerprint density at radius 2 is 1.55 bits per heavy atom. The Balaban J connectivity index is 1.82. The lowest BCUT2D eigenvalue weighted by molar-refractivity contribution is -0.116. The van der Waals surface area contributed by atoms with E-state index in [0.717, 1.165) is 11.1 Å². The summed E-state index contributed by atoms with van der Waals surface area (Å²) >= 11 is 0. The van der Waals surface area contributed by atoms with Gasteiger partial charge in [-0.05, 0) is 55.8 Å². The maximum atomic E-state index is 13.3. The van der Waals surface area contributed by atoms with Crippen molar-refractivity contribution < 1.29 is 18.3 Å². The molecule has 0 aliphatic heterocycles. The molecule has 0 aromatic heterocycles. The largest absolute Gasteiger partial charge is 0.392 e. The standard InChI is InChI=1S/C24H26N2O4S/c1-18-6-10-22(11-7-18)26(31(29,30)23-12-8-19(2)9-13-23)15-14-24(28)25-21-5-3-4-20(16-21)17-27/h3-13,16,27H,14-15,17H2,1-2H3,(H,25,28). The molecule has 0 atom stereocenters. The molecule has 2 N–H and O–H groups in total. The van der Waals surface area contributed by atoms with E-state index in [0.29, 0.717) is 16.9 Å². The highest BCUT2D eigenvalue weighted by molar-refractivity contribution is 7.92. The predicted octanol–water partition coefficient (Wildman–Crippen LogP) is 4.02. The van der Waals surface area contributed by atoms with Gasteiger partial charge in [0.1, 0.15) is 0 Å². The third-order valence-electron chi connectivity index (χ3n) is 4.87. The van der Waals surface area contributed by atoms with Crippen molar-refractivity contribution in [2.75, 3.05) is 16.2 Å². The van der Waals surface area contributed by atoms with Gasteiger partial charge in [0.25, 0.3) is 10.0 Å². The topological polar surface area (TPSA) is 86.7 Å². The van der Waals surface area contributed by atoms with Gasteiger partial charge in [0.15, 0.2) is 0 Å². The molecule has 3 aromatic carbocycles. The number of sulfonamides is 1. The third kappa shape index (κ3) is 5.71. The molecule has 7 heteroatoms. The molecule has 0 fully saturated rings. The van der Waals surface area contributed by atoms with E-state index in [1.807, 2.05) is 26.0 Å². The van der Waals surface area contributed by atoms with Crippen LogP contribution in [0.25, 0.3) is 0 Å². The van der Waals surface area contributed by atoms with E-state index in [-0.39, 0.29) is 30.4 Å². The molecular formula is C24H26N2O4S. The number of hydrogen-bond donors (Lipinski definition) is 2. The Labute approximate surface area is 183 Å². The lowest BCUT2D eigenvalue weighted by Crippen LogP contribution is -2.34. The van der Waals surface area contributed by atoms with Crippen molar-refractivity contribution in [1.29, 1.82) is 0 Å². The minimum atomic E-state index is -3.84. The maximum Gasteiger partial charge on any atom is 0.264 e. The lowest BCUT2D eigenvalue weighted by Gasteiger charge is -2.24. The van der Waals surface area contributed by atoms with Crippen molar-refractivity contribution in [3.05, 3.63) is 89.5 Å². The van der Waals surface area contributed by atoms with E-state index in [4.69, 9.17) is 0 Å². The van der Waals surface area contributed by atoms with Gasteiger partial charge < -0.3 is 10.4 Å². The zero-order valence-electron chi connectivity index (χ0n) is 17.6. The summed E-state index contributed by atoms with van der Waals surface area (Å²) in [6.07, 6.45) is -0.0255. The van der Waals surface area contributed by atoms with Gasteiger partial charge in [-0.15, -0.1) is 0 Å². The molecule has 0 spiro atoms. The monoisotopic (exact) mass is 438 g/mol. The number of hydrogen-bond acceptors (Lipinski definition) is 4. The number of nitrogens with zero attached hydrogens (tertiary/aromatic N) is 1. The second-order valence-corrected chi connectivity index (χ2v) is 9.24. The molecule has 0 heterocycles. The molecule has 0 radical (unpaired) electrons. The third-order valence-corrected chi connectivity index (χ3v) is 6.71. The van der Waals surface area contributed by atoms with Crippen LogP contribution in [0.1, 0.15) is 23.1 Å². The summed E-state index contributed by atoms with van der Waals surface area (Å²) < 4.78 is 28.0. The second-order valence-electron chi connectivity index (χ2n) is 7.38. The molecule has 0 unspecified atom stereocenters. The van der Waals surface area contributed by atoms with Crippen LogP contribution >= 0.6 is 0 Å². The first-order valence-electron chi connectivity index (χ1n) is 9.95. The van der Waals surface area contributed by atoms with Gasteiger partial charge in [0.05, 0.1) is 17.2 Å². The molecule has 0 aliphatic carbocycles. The van der Waals surface area contributed by atoms with E-state index in [1.54, 1.807) is 60.7 Å². The number of carbonyl (C=O) groups is 1. The molecule has 0 aliphatic rings. The van der Waals surface area contributed by atoms with E-state index in [1.165, 1.54) is 4.31 Å². The van der Waals surface area contributed by atoms with Crippen LogP contribution in [0.15, 0.2) is 77.7 Å². The second kappa shape index (κ2) is 9.76. The van der Waals surface area contributed by atoms with Crippen LogP contribution < -0.4 is 9.62 Å². The minimum absolute atomic E-state index is 0.00913. The number of nitrogens with one attached hydrogen (secondary N) is 1. The average Bonchev–Trinajstić information content (AvgIpc) is 2.75. The average molecular weight is 439 g/mol. The molecule has 162 valence electrons. The molecule has 3 aromatic rings. The maximum absolute atomic E-state index is 13.3. The quantitative estimate of drug-likeness (QED) is 0.556. The summed E-state index contributed by atoms with van der Waals surface area (Å²) in [6.45, 7) is 3.69. The fourth-order valence-electron chi connectivity index (χ4n) is 3.11. The SMILES string of the molecule is Cc1ccc(N(CCC(=O)Nc2cccc(CO)c2)S(=O)(=O)c2ccc(C)cc2)cc1. The molecule has 6 nitrogen and oxygen atoms in total. The Hall–Kier alpha value is -3.16. The number of aryl methyl sites for hydroxylation is 2. The van der Waals surface area contributed by atoms with Crippen LogP contribution in [0.4, 0.5) is 11.4 Å². The fraction of sp³-hybridized carbons (Fsp3) is 0.208. The Morgan fingerprint density at radius 1 is 0.935 bits per heavy atom. The van der Waals surface area contributed by atoms with Crippen molar-refractivity contribution in [1.82, 2.24) is 0 Å². The highest BCUT2D eigenvalue weighted by atomic mass is 32.2. The van der Waals surface area contributed by atoms with Gasteiger partial charge in [-0.3, -0.25) is 9.10 Å². The first-order valence-corrected chi connectivity index (χ1v) is 11.4. The fourth-order valence-corrected chi connectivity index (χ4v) is 4.58. The smallest absolute Gasteiger partial charge is 0.264 e. The van der Waals surface area contributed by atoms with Crippen LogP contribution in [0.5, 0.6) is 0 Å². The summed E-state index contributed by atoms with van der Waals surface area (Å²) in [6, 6.07) is 20.7. The zero-order chi connectivity index (χ0) is 22.4. The molecule has 0 bridgehead atoms. The number of aliphatic hydroxyl groups is 1. The molecule has 31 heavy (non-hydrogen) atoms. The van der Waals surface area contributed by atoms with Crippen LogP contribution in [0.3, 0.4) is 0 Å². The van der Waals surface area contributed by atoms with Gasteiger partial charge >= 0.3 is 0 Å². The highest BCUT2D eigenvalue weighted by Crippen LogP contribution is 2.25. The van der Waals surface area contributed by atoms with Crippen molar-refractivity contribution in [2.45, 2.75) is 31.8 Å². The molecule has 3 rings (SSSR count). The Bertz CT molecular complexity index is 1140. The number of benzene rings is 3. The predicted molar refractivity (Wildman–Crippen MR) is 123 cm³/mol. The number of amides is 1. The van der Waals surface area contributed by atoms with Crippen molar-refractivity contribution in [2.24, 2.45) is 0 Å². The van der Waals surface area contributed by atoms with E-state index in [2.05, 4.69) is 5.32 Å². The number of carbonyl (C=O) groups excluding carboxylic acids is 1. The van der Waals surface area contributed by atoms with E-state index >= 15 is 0 Å². The molecule has 0 saturated heterocycles. The van der Waals surface area contributed by atoms with Crippen LogP contribution in [0.2, 0.25) is 0 Å². The van der Waals surface area contributed by atoms with Gasteiger partial charge in [-0.2, -0.15) is 0 Å².